The van der Waals surface area contributed by atoms with E-state index in [1.165, 1.54) is 44.8 Å². The van der Waals surface area contributed by atoms with Gasteiger partial charge in [-0.05, 0) is 62.7 Å². The largest absolute Gasteiger partial charge is 0.507 e. The molecule has 0 aromatic heterocycles. The number of aliphatic hydroxyl groups is 1. The van der Waals surface area contributed by atoms with Gasteiger partial charge in [-0.3, -0.25) is 9.59 Å². The molecule has 8 nitrogen and oxygen atoms in total. The van der Waals surface area contributed by atoms with Crippen LogP contribution in [0.5, 0.6) is 0 Å². The van der Waals surface area contributed by atoms with E-state index in [4.69, 9.17) is 0 Å². The Balaban J connectivity index is 1.72. The predicted molar refractivity (Wildman–Crippen MR) is 138 cm³/mol. The number of aliphatic hydroxyl groups excluding tert-OH is 1. The van der Waals surface area contributed by atoms with E-state index >= 15 is 0 Å². The normalized spacial score (nSPS) is 20.9. The van der Waals surface area contributed by atoms with Crippen LogP contribution in [0.25, 0.3) is 5.76 Å². The van der Waals surface area contributed by atoms with Crippen molar-refractivity contribution in [2.45, 2.75) is 37.1 Å². The second-order valence-corrected chi connectivity index (χ2v) is 11.8. The van der Waals surface area contributed by atoms with Crippen LogP contribution in [0.1, 0.15) is 42.0 Å². The molecule has 192 valence electrons. The van der Waals surface area contributed by atoms with Gasteiger partial charge in [-0.25, -0.2) is 12.7 Å². The molecule has 0 saturated carbocycles. The third-order valence-corrected chi connectivity index (χ3v) is 8.77. The fourth-order valence-electron chi connectivity index (χ4n) is 4.79. The third-order valence-electron chi connectivity index (χ3n) is 6.95. The maximum absolute atomic E-state index is 13.2. The van der Waals surface area contributed by atoms with Crippen LogP contribution in [0.2, 0.25) is 0 Å². The zero-order chi connectivity index (χ0) is 26.0. The fourth-order valence-corrected chi connectivity index (χ4v) is 5.69. The molecule has 2 aliphatic heterocycles. The molecule has 1 N–H and O–H groups in total. The summed E-state index contributed by atoms with van der Waals surface area (Å²) in [7, 11) is -0.760. The zero-order valence-electron chi connectivity index (χ0n) is 21.0. The van der Waals surface area contributed by atoms with Crippen LogP contribution >= 0.6 is 0 Å². The number of amides is 1. The number of likely N-dealkylation sites (tertiary alicyclic amines) is 2. The van der Waals surface area contributed by atoms with E-state index < -0.39 is 27.8 Å². The van der Waals surface area contributed by atoms with E-state index in [0.29, 0.717) is 13.1 Å². The van der Waals surface area contributed by atoms with Gasteiger partial charge in [0.05, 0.1) is 16.5 Å². The molecule has 0 aliphatic carbocycles. The molecule has 0 unspecified atom stereocenters. The molecule has 1 amide bonds. The SMILES string of the molecule is Cc1ccc([C@@H]2C(=C(O)c3ccc(S(=O)(=O)N(C)C)cc3)C(=O)C(=O)N2CCN2CCCCC2)cc1. The van der Waals surface area contributed by atoms with Crippen LogP contribution in [0, 0.1) is 6.92 Å². The van der Waals surface area contributed by atoms with Crippen molar-refractivity contribution in [3.63, 3.8) is 0 Å². The number of aryl methyl sites for hydroxylation is 1. The standard InChI is InChI=1S/C27H33N3O5S/c1-19-7-9-20(10-8-19)24-23(25(31)21-11-13-22(14-12-21)36(34,35)28(2)3)26(32)27(33)30(24)18-17-29-15-5-4-6-16-29/h7-14,24,31H,4-6,15-18H2,1-3H3/t24-/m1/s1. The lowest BCUT2D eigenvalue weighted by atomic mass is 9.95. The molecule has 0 spiro atoms. The van der Waals surface area contributed by atoms with Crippen molar-refractivity contribution >= 4 is 27.5 Å². The van der Waals surface area contributed by atoms with E-state index in [-0.39, 0.29) is 21.8 Å². The number of hydrogen-bond acceptors (Lipinski definition) is 6. The fraction of sp³-hybridized carbons (Fsp3) is 0.407. The first-order chi connectivity index (χ1) is 17.1. The molecule has 4 rings (SSSR count). The summed E-state index contributed by atoms with van der Waals surface area (Å²) in [5, 5.41) is 11.2. The average Bonchev–Trinajstić information content (AvgIpc) is 3.13. The van der Waals surface area contributed by atoms with Gasteiger partial charge in [0.25, 0.3) is 11.7 Å². The number of benzene rings is 2. The second kappa shape index (κ2) is 10.5. The Morgan fingerprint density at radius 3 is 2.14 bits per heavy atom. The molecule has 9 heteroatoms. The number of nitrogens with zero attached hydrogens (tertiary/aromatic N) is 3. The zero-order valence-corrected chi connectivity index (χ0v) is 21.8. The summed E-state index contributed by atoms with van der Waals surface area (Å²) in [4.78, 5) is 30.3. The Morgan fingerprint density at radius 1 is 0.944 bits per heavy atom. The first kappa shape index (κ1) is 26.1. The highest BCUT2D eigenvalue weighted by Gasteiger charge is 2.46. The summed E-state index contributed by atoms with van der Waals surface area (Å²) >= 11 is 0. The number of sulfonamides is 1. The van der Waals surface area contributed by atoms with Crippen LogP contribution in [0.4, 0.5) is 0 Å². The van der Waals surface area contributed by atoms with Crippen molar-refractivity contribution in [3.05, 3.63) is 70.8 Å². The molecule has 2 aromatic carbocycles. The number of ketones is 1. The average molecular weight is 512 g/mol. The number of carbonyl (C=O) groups is 2. The lowest BCUT2D eigenvalue weighted by Crippen LogP contribution is -2.39. The van der Waals surface area contributed by atoms with Crippen molar-refractivity contribution in [1.82, 2.24) is 14.1 Å². The topological polar surface area (TPSA) is 98.2 Å². The molecule has 2 aromatic rings. The summed E-state index contributed by atoms with van der Waals surface area (Å²) in [6.07, 6.45) is 3.46. The van der Waals surface area contributed by atoms with E-state index in [9.17, 15) is 23.1 Å². The maximum Gasteiger partial charge on any atom is 0.295 e. The Bertz CT molecular complexity index is 1260. The Labute approximate surface area is 212 Å². The van der Waals surface area contributed by atoms with Gasteiger partial charge >= 0.3 is 0 Å². The minimum Gasteiger partial charge on any atom is -0.507 e. The van der Waals surface area contributed by atoms with E-state index in [1.807, 2.05) is 31.2 Å². The van der Waals surface area contributed by atoms with E-state index in [0.717, 1.165) is 41.4 Å². The first-order valence-electron chi connectivity index (χ1n) is 12.2. The highest BCUT2D eigenvalue weighted by Crippen LogP contribution is 2.39. The molecule has 2 fully saturated rings. The smallest absolute Gasteiger partial charge is 0.295 e. The van der Waals surface area contributed by atoms with Gasteiger partial charge in [-0.2, -0.15) is 0 Å². The molecular formula is C27H33N3O5S. The van der Waals surface area contributed by atoms with Crippen LogP contribution < -0.4 is 0 Å². The summed E-state index contributed by atoms with van der Waals surface area (Å²) in [5.41, 5.74) is 2.08. The highest BCUT2D eigenvalue weighted by molar-refractivity contribution is 7.89. The number of piperidine rings is 1. The van der Waals surface area contributed by atoms with Crippen molar-refractivity contribution in [2.24, 2.45) is 0 Å². The minimum atomic E-state index is -3.64. The van der Waals surface area contributed by atoms with Gasteiger partial charge in [0.15, 0.2) is 0 Å². The van der Waals surface area contributed by atoms with Crippen LogP contribution in [0.3, 0.4) is 0 Å². The molecule has 0 bridgehead atoms. The molecule has 2 heterocycles. The summed E-state index contributed by atoms with van der Waals surface area (Å²) in [6, 6.07) is 12.6. The van der Waals surface area contributed by atoms with E-state index in [1.54, 1.807) is 4.90 Å². The predicted octanol–water partition coefficient (Wildman–Crippen LogP) is 3.15. The Hall–Kier alpha value is -3.01. The number of carbonyl (C=O) groups excluding carboxylic acids is 2. The van der Waals surface area contributed by atoms with Crippen molar-refractivity contribution < 1.29 is 23.1 Å². The Morgan fingerprint density at radius 2 is 1.56 bits per heavy atom. The van der Waals surface area contributed by atoms with Crippen molar-refractivity contribution in [1.29, 1.82) is 0 Å². The van der Waals surface area contributed by atoms with E-state index in [2.05, 4.69) is 4.90 Å². The number of hydrogen-bond donors (Lipinski definition) is 1. The third kappa shape index (κ3) is 5.09. The number of rotatable bonds is 7. The maximum atomic E-state index is 13.2. The number of Topliss-reactive ketones (excluding diaryl/α,β-unsaturated/α-hetero) is 1. The van der Waals surface area contributed by atoms with Gasteiger partial charge in [-0.1, -0.05) is 36.2 Å². The second-order valence-electron chi connectivity index (χ2n) is 9.62. The molecule has 2 saturated heterocycles. The van der Waals surface area contributed by atoms with Gasteiger partial charge in [0.2, 0.25) is 10.0 Å². The van der Waals surface area contributed by atoms with Gasteiger partial charge in [0.1, 0.15) is 5.76 Å². The molecular weight excluding hydrogens is 478 g/mol. The van der Waals surface area contributed by atoms with Gasteiger partial charge < -0.3 is 14.9 Å². The van der Waals surface area contributed by atoms with Crippen molar-refractivity contribution in [2.75, 3.05) is 40.3 Å². The summed E-state index contributed by atoms with van der Waals surface area (Å²) in [6.45, 7) is 4.94. The lowest BCUT2D eigenvalue weighted by Gasteiger charge is -2.31. The van der Waals surface area contributed by atoms with Gasteiger partial charge in [0, 0.05) is 32.7 Å². The molecule has 0 radical (unpaired) electrons. The Kier molecular flexibility index (Phi) is 7.63. The highest BCUT2D eigenvalue weighted by atomic mass is 32.2. The molecule has 1 atom stereocenters. The van der Waals surface area contributed by atoms with Crippen LogP contribution in [0.15, 0.2) is 59.0 Å². The quantitative estimate of drug-likeness (QED) is 0.348. The first-order valence-corrected chi connectivity index (χ1v) is 13.7. The lowest BCUT2D eigenvalue weighted by molar-refractivity contribution is -0.140. The van der Waals surface area contributed by atoms with Gasteiger partial charge in [-0.15, -0.1) is 0 Å². The van der Waals surface area contributed by atoms with Crippen molar-refractivity contribution in [3.8, 4) is 0 Å². The molecule has 36 heavy (non-hydrogen) atoms. The summed E-state index contributed by atoms with van der Waals surface area (Å²) in [5.74, 6) is -1.68. The summed E-state index contributed by atoms with van der Waals surface area (Å²) < 4.78 is 25.9. The van der Waals surface area contributed by atoms with Crippen LogP contribution in [-0.4, -0.2) is 79.6 Å². The van der Waals surface area contributed by atoms with Crippen LogP contribution in [-0.2, 0) is 19.6 Å². The minimum absolute atomic E-state index is 0.0192. The molecule has 2 aliphatic rings. The monoisotopic (exact) mass is 511 g/mol.